The predicted octanol–water partition coefficient (Wildman–Crippen LogP) is 29.6. The van der Waals surface area contributed by atoms with Gasteiger partial charge in [0.25, 0.3) is 7.82 Å². The Balaban J connectivity index is 3.85. The third kappa shape index (κ3) is 86.4. The van der Waals surface area contributed by atoms with Gasteiger partial charge in [0.2, 0.25) is 0 Å². The van der Waals surface area contributed by atoms with E-state index in [4.69, 9.17) is 18.5 Å². The Morgan fingerprint density at radius 1 is 0.314 bits per heavy atom. The number of quaternary nitrogens is 1. The number of carbonyl (C=O) groups is 2. The Hall–Kier alpha value is -2.55. The van der Waals surface area contributed by atoms with Crippen molar-refractivity contribution >= 4 is 19.8 Å². The van der Waals surface area contributed by atoms with Crippen molar-refractivity contribution in [1.29, 1.82) is 0 Å². The fourth-order valence-electron chi connectivity index (χ4n) is 13.5. The first-order chi connectivity index (χ1) is 50.0. The summed E-state index contributed by atoms with van der Waals surface area (Å²) in [6.45, 7) is 4.20. The van der Waals surface area contributed by atoms with Crippen molar-refractivity contribution in [1.82, 2.24) is 0 Å². The average Bonchev–Trinajstić information content (AvgIpc) is 0.913. The van der Waals surface area contributed by atoms with Crippen molar-refractivity contribution in [3.8, 4) is 0 Å². The number of esters is 2. The van der Waals surface area contributed by atoms with Crippen molar-refractivity contribution in [2.75, 3.05) is 47.5 Å². The Kier molecular flexibility index (Phi) is 80.4. The predicted molar refractivity (Wildman–Crippen MR) is 443 cm³/mol. The van der Waals surface area contributed by atoms with E-state index in [2.05, 4.69) is 86.8 Å². The van der Waals surface area contributed by atoms with E-state index < -0.39 is 26.5 Å². The summed E-state index contributed by atoms with van der Waals surface area (Å²) in [6, 6.07) is 0. The molecule has 2 atom stereocenters. The summed E-state index contributed by atoms with van der Waals surface area (Å²) < 4.78 is 34.5. The Morgan fingerprint density at radius 3 is 0.833 bits per heavy atom. The Labute approximate surface area is 635 Å². The number of phosphoric ester groups is 1. The molecule has 0 fully saturated rings. The number of likely N-dealkylation sites (N-methyl/N-ethyl adjacent to an activating group) is 1. The van der Waals surface area contributed by atoms with E-state index in [0.29, 0.717) is 17.4 Å². The Bertz CT molecular complexity index is 1950. The zero-order chi connectivity index (χ0) is 74.0. The van der Waals surface area contributed by atoms with Gasteiger partial charge in [0.1, 0.15) is 19.8 Å². The molecule has 0 saturated heterocycles. The molecule has 10 heteroatoms. The van der Waals surface area contributed by atoms with E-state index in [-0.39, 0.29) is 32.0 Å². The average molecular weight is 1450 g/mol. The number of unbranched alkanes of at least 4 members (excludes halogenated alkanes) is 58. The summed E-state index contributed by atoms with van der Waals surface area (Å²) in [5.74, 6) is -0.810. The molecule has 2 unspecified atom stereocenters. The van der Waals surface area contributed by atoms with Crippen molar-refractivity contribution in [2.24, 2.45) is 0 Å². The van der Waals surface area contributed by atoms with Gasteiger partial charge in [-0.25, -0.2) is 0 Å². The molecule has 0 bridgehead atoms. The van der Waals surface area contributed by atoms with Crippen LogP contribution < -0.4 is 4.89 Å². The molecule has 0 aromatic rings. The van der Waals surface area contributed by atoms with Crippen molar-refractivity contribution in [3.05, 3.63) is 72.9 Å². The molecule has 9 nitrogen and oxygen atoms in total. The van der Waals surface area contributed by atoms with Crippen molar-refractivity contribution in [2.45, 2.75) is 457 Å². The summed E-state index contributed by atoms with van der Waals surface area (Å²) in [4.78, 5) is 38.3. The van der Waals surface area contributed by atoms with E-state index in [9.17, 15) is 19.0 Å². The lowest BCUT2D eigenvalue weighted by molar-refractivity contribution is -0.870. The largest absolute Gasteiger partial charge is 0.756 e. The molecule has 0 amide bonds. The van der Waals surface area contributed by atoms with Crippen molar-refractivity contribution < 1.29 is 42.1 Å². The molecule has 0 aromatic heterocycles. The zero-order valence-corrected chi connectivity index (χ0v) is 69.5. The van der Waals surface area contributed by atoms with Gasteiger partial charge in [0, 0.05) is 12.8 Å². The van der Waals surface area contributed by atoms with E-state index in [1.165, 1.54) is 340 Å². The highest BCUT2D eigenvalue weighted by molar-refractivity contribution is 7.45. The van der Waals surface area contributed by atoms with Gasteiger partial charge in [-0.3, -0.25) is 14.2 Å². The first-order valence-electron chi connectivity index (χ1n) is 44.6. The van der Waals surface area contributed by atoms with Crippen LogP contribution in [0, 0.1) is 0 Å². The molecule has 0 aliphatic rings. The lowest BCUT2D eigenvalue weighted by Gasteiger charge is -2.28. The van der Waals surface area contributed by atoms with Crippen LogP contribution in [-0.4, -0.2) is 70.0 Å². The van der Waals surface area contributed by atoms with E-state index in [0.717, 1.165) is 77.0 Å². The SMILES string of the molecule is CC/C=C\C/C=C\C/C=C\C/C=C\C/C=C\C/C=C\CCCCCCCCCCCCCCCCCCCCC(=O)OC(COC(=O)CCCCCCCCCCCCCCCCCCCCCCCCCCCCCCCCCCCCCCCCCCC)COP(=O)([O-])OCC[N+](C)(C)C. The first kappa shape index (κ1) is 99.5. The number of nitrogens with zero attached hydrogens (tertiary/aromatic N) is 1. The maximum absolute atomic E-state index is 12.9. The van der Waals surface area contributed by atoms with Gasteiger partial charge in [-0.2, -0.15) is 0 Å². The second-order valence-electron chi connectivity index (χ2n) is 31.6. The van der Waals surface area contributed by atoms with Crippen LogP contribution in [0.4, 0.5) is 0 Å². The van der Waals surface area contributed by atoms with Crippen LogP contribution in [0.3, 0.4) is 0 Å². The molecule has 0 saturated carbocycles. The molecule has 0 N–H and O–H groups in total. The zero-order valence-electron chi connectivity index (χ0n) is 68.6. The molecule has 0 rings (SSSR count). The smallest absolute Gasteiger partial charge is 0.306 e. The van der Waals surface area contributed by atoms with E-state index in [1.54, 1.807) is 0 Å². The van der Waals surface area contributed by atoms with Gasteiger partial charge in [0.15, 0.2) is 6.10 Å². The van der Waals surface area contributed by atoms with E-state index in [1.807, 2.05) is 21.1 Å². The number of rotatable bonds is 84. The highest BCUT2D eigenvalue weighted by atomic mass is 31.2. The minimum absolute atomic E-state index is 0.0292. The molecular formula is C92H172NO8P. The summed E-state index contributed by atoms with van der Waals surface area (Å²) in [6.07, 6.45) is 114. The molecule has 0 aromatic carbocycles. The van der Waals surface area contributed by atoms with Crippen LogP contribution in [0.5, 0.6) is 0 Å². The lowest BCUT2D eigenvalue weighted by atomic mass is 10.0. The maximum atomic E-state index is 12.9. The van der Waals surface area contributed by atoms with Gasteiger partial charge in [0.05, 0.1) is 27.7 Å². The van der Waals surface area contributed by atoms with Gasteiger partial charge < -0.3 is 27.9 Å². The highest BCUT2D eigenvalue weighted by Crippen LogP contribution is 2.38. The van der Waals surface area contributed by atoms with Crippen LogP contribution >= 0.6 is 7.82 Å². The molecule has 102 heavy (non-hydrogen) atoms. The van der Waals surface area contributed by atoms with Crippen LogP contribution in [0.15, 0.2) is 72.9 Å². The summed E-state index contributed by atoms with van der Waals surface area (Å²) >= 11 is 0. The van der Waals surface area contributed by atoms with Crippen LogP contribution in [0.25, 0.3) is 0 Å². The number of allylic oxidation sites excluding steroid dienone is 12. The highest BCUT2D eigenvalue weighted by Gasteiger charge is 2.22. The molecule has 0 aliphatic heterocycles. The minimum atomic E-state index is -4.65. The van der Waals surface area contributed by atoms with Crippen LogP contribution in [0.1, 0.15) is 450 Å². The fourth-order valence-corrected chi connectivity index (χ4v) is 14.2. The van der Waals surface area contributed by atoms with Gasteiger partial charge in [-0.05, 0) is 64.2 Å². The normalized spacial score (nSPS) is 13.3. The summed E-state index contributed by atoms with van der Waals surface area (Å²) in [5.41, 5.74) is 0. The van der Waals surface area contributed by atoms with Crippen LogP contribution in [0.2, 0.25) is 0 Å². The molecule has 0 aliphatic carbocycles. The standard InChI is InChI=1S/C92H172NO8P/c1-6-8-10-12-14-16-18-20-22-24-26-28-30-32-34-36-38-40-42-44-45-46-47-49-50-52-54-56-58-60-62-64-66-68-70-72-74-76-78-80-82-84-91(94)98-88-90(89-100-102(96,97)99-87-86-93(3,4)5)101-92(95)85-83-81-79-77-75-73-71-69-67-65-63-61-59-57-55-53-51-48-43-41-39-37-35-33-31-29-27-25-23-21-19-17-15-13-11-9-7-2/h9,11,15,17,21,23,27,29,33,35,39,41,90H,6-8,10,12-14,16,18-20,22,24-26,28,30-32,34,36-38,40,42-89H2,1-5H3/b11-9-,17-15-,23-21-,29-27-,35-33-,41-39-. The molecule has 0 spiro atoms. The lowest BCUT2D eigenvalue weighted by Crippen LogP contribution is -2.37. The number of carbonyl (C=O) groups excluding carboxylic acids is 2. The maximum Gasteiger partial charge on any atom is 0.306 e. The number of ether oxygens (including phenoxy) is 2. The fraction of sp³-hybridized carbons (Fsp3) is 0.848. The topological polar surface area (TPSA) is 111 Å². The third-order valence-electron chi connectivity index (χ3n) is 20.2. The quantitative estimate of drug-likeness (QED) is 0.0195. The molecule has 0 radical (unpaired) electrons. The molecule has 598 valence electrons. The third-order valence-corrected chi connectivity index (χ3v) is 21.2. The molecule has 0 heterocycles. The summed E-state index contributed by atoms with van der Waals surface area (Å²) in [7, 11) is 1.19. The first-order valence-corrected chi connectivity index (χ1v) is 46.1. The second-order valence-corrected chi connectivity index (χ2v) is 33.0. The van der Waals surface area contributed by atoms with Gasteiger partial charge in [-0.15, -0.1) is 0 Å². The van der Waals surface area contributed by atoms with Crippen LogP contribution in [-0.2, 0) is 32.7 Å². The monoisotopic (exact) mass is 1450 g/mol. The molecular weight excluding hydrogens is 1280 g/mol. The number of hydrogen-bond acceptors (Lipinski definition) is 8. The number of hydrogen-bond donors (Lipinski definition) is 0. The van der Waals surface area contributed by atoms with Gasteiger partial charge >= 0.3 is 11.9 Å². The van der Waals surface area contributed by atoms with Gasteiger partial charge in [-0.1, -0.05) is 446 Å². The number of phosphoric acid groups is 1. The summed E-state index contributed by atoms with van der Waals surface area (Å²) in [5, 5.41) is 0. The van der Waals surface area contributed by atoms with Crippen molar-refractivity contribution in [3.63, 3.8) is 0 Å². The second kappa shape index (κ2) is 82.5. The Morgan fingerprint density at radius 2 is 0.559 bits per heavy atom. The minimum Gasteiger partial charge on any atom is -0.756 e. The van der Waals surface area contributed by atoms with E-state index >= 15 is 0 Å².